The molecule has 2 heterocycles. The number of hydrogen-bond acceptors (Lipinski definition) is 4. The highest BCUT2D eigenvalue weighted by atomic mass is 32.2. The van der Waals surface area contributed by atoms with Crippen LogP contribution < -0.4 is 11.0 Å². The Balaban J connectivity index is 1.35. The number of fused-ring (bicyclic) bond motifs is 1. The van der Waals surface area contributed by atoms with Gasteiger partial charge in [0.1, 0.15) is 0 Å². The molecule has 182 valence electrons. The second kappa shape index (κ2) is 10.6. The topological polar surface area (TPSA) is 93.4 Å². The molecule has 1 aliphatic heterocycles. The van der Waals surface area contributed by atoms with E-state index in [-0.39, 0.29) is 22.9 Å². The average molecular weight is 485 g/mol. The summed E-state index contributed by atoms with van der Waals surface area (Å²) in [6.45, 7) is 4.41. The highest BCUT2D eigenvalue weighted by Crippen LogP contribution is 2.21. The molecule has 1 N–H and O–H groups in total. The van der Waals surface area contributed by atoms with Crippen LogP contribution in [0, 0.1) is 0 Å². The molecule has 0 spiro atoms. The van der Waals surface area contributed by atoms with Crippen molar-refractivity contribution in [1.82, 2.24) is 18.8 Å². The van der Waals surface area contributed by atoms with Crippen molar-refractivity contribution in [2.24, 2.45) is 0 Å². The highest BCUT2D eigenvalue weighted by molar-refractivity contribution is 7.89. The summed E-state index contributed by atoms with van der Waals surface area (Å²) in [7, 11) is -3.46. The van der Waals surface area contributed by atoms with E-state index in [1.807, 2.05) is 31.2 Å². The van der Waals surface area contributed by atoms with E-state index >= 15 is 0 Å². The van der Waals surface area contributed by atoms with Crippen molar-refractivity contribution in [1.29, 1.82) is 0 Å². The Bertz CT molecular complexity index is 1300. The Morgan fingerprint density at radius 1 is 0.912 bits per heavy atom. The number of piperidine rings is 1. The number of carbonyl (C=O) groups excluding carboxylic acids is 1. The molecule has 8 nitrogen and oxygen atoms in total. The number of amides is 1. The van der Waals surface area contributed by atoms with Crippen LogP contribution in [0.3, 0.4) is 0 Å². The van der Waals surface area contributed by atoms with Gasteiger partial charge in [0.25, 0.3) is 0 Å². The van der Waals surface area contributed by atoms with Gasteiger partial charge in [-0.2, -0.15) is 4.31 Å². The fourth-order valence-corrected chi connectivity index (χ4v) is 5.98. The predicted molar refractivity (Wildman–Crippen MR) is 132 cm³/mol. The fraction of sp³-hybridized carbons (Fsp3) is 0.440. The van der Waals surface area contributed by atoms with Crippen LogP contribution in [-0.2, 0) is 34.5 Å². The molecule has 0 atom stereocenters. The van der Waals surface area contributed by atoms with Crippen LogP contribution >= 0.6 is 0 Å². The van der Waals surface area contributed by atoms with Crippen molar-refractivity contribution in [2.75, 3.05) is 13.1 Å². The van der Waals surface area contributed by atoms with Crippen LogP contribution in [-0.4, -0.2) is 40.9 Å². The first-order valence-corrected chi connectivity index (χ1v) is 13.4. The van der Waals surface area contributed by atoms with Gasteiger partial charge >= 0.3 is 5.69 Å². The normalized spacial score (nSPS) is 15.0. The smallest absolute Gasteiger partial charge is 0.329 e. The molecule has 0 unspecified atom stereocenters. The number of rotatable bonds is 9. The average Bonchev–Trinajstić information content (AvgIpc) is 3.13. The van der Waals surface area contributed by atoms with Crippen LogP contribution in [0.15, 0.2) is 58.2 Å². The summed E-state index contributed by atoms with van der Waals surface area (Å²) in [4.78, 5) is 25.6. The molecule has 0 saturated carbocycles. The lowest BCUT2D eigenvalue weighted by atomic mass is 10.2. The number of sulfonamides is 1. The molecule has 1 aromatic heterocycles. The van der Waals surface area contributed by atoms with Crippen LogP contribution in [0.4, 0.5) is 0 Å². The van der Waals surface area contributed by atoms with Gasteiger partial charge in [0, 0.05) is 39.1 Å². The Morgan fingerprint density at radius 3 is 2.15 bits per heavy atom. The zero-order valence-corrected chi connectivity index (χ0v) is 20.4. The highest BCUT2D eigenvalue weighted by Gasteiger charge is 2.25. The first kappa shape index (κ1) is 24.2. The van der Waals surface area contributed by atoms with Crippen LogP contribution in [0.5, 0.6) is 0 Å². The molecule has 1 amide bonds. The summed E-state index contributed by atoms with van der Waals surface area (Å²) < 4.78 is 30.5. The number of nitrogens with zero attached hydrogens (tertiary/aromatic N) is 3. The molecule has 0 bridgehead atoms. The molecular weight excluding hydrogens is 452 g/mol. The first-order valence-electron chi connectivity index (χ1n) is 12.0. The summed E-state index contributed by atoms with van der Waals surface area (Å²) in [6.07, 6.45) is 3.90. The number of hydrogen-bond donors (Lipinski definition) is 1. The Morgan fingerprint density at radius 2 is 1.53 bits per heavy atom. The summed E-state index contributed by atoms with van der Waals surface area (Å²) in [5.41, 5.74) is 2.44. The van der Waals surface area contributed by atoms with Crippen molar-refractivity contribution in [2.45, 2.75) is 63.6 Å². The van der Waals surface area contributed by atoms with Gasteiger partial charge in [-0.15, -0.1) is 0 Å². The minimum atomic E-state index is -3.46. The number of carbonyl (C=O) groups is 1. The van der Waals surface area contributed by atoms with Crippen LogP contribution in [0.2, 0.25) is 0 Å². The third-order valence-corrected chi connectivity index (χ3v) is 8.21. The molecule has 9 heteroatoms. The maximum absolute atomic E-state index is 12.8. The molecule has 0 aliphatic carbocycles. The monoisotopic (exact) mass is 484 g/mol. The largest absolute Gasteiger partial charge is 0.352 e. The maximum Gasteiger partial charge on any atom is 0.329 e. The summed E-state index contributed by atoms with van der Waals surface area (Å²) >= 11 is 0. The lowest BCUT2D eigenvalue weighted by Gasteiger charge is -2.25. The van der Waals surface area contributed by atoms with E-state index < -0.39 is 10.0 Å². The Kier molecular flexibility index (Phi) is 7.53. The molecule has 1 fully saturated rings. The first-order chi connectivity index (χ1) is 16.4. The number of para-hydroxylation sites is 2. The zero-order chi connectivity index (χ0) is 24.1. The van der Waals surface area contributed by atoms with Crippen molar-refractivity contribution >= 4 is 27.0 Å². The van der Waals surface area contributed by atoms with E-state index in [0.29, 0.717) is 32.7 Å². The number of nitrogens with one attached hydrogen (secondary N) is 1. The van der Waals surface area contributed by atoms with Crippen molar-refractivity contribution in [3.63, 3.8) is 0 Å². The van der Waals surface area contributed by atoms with Gasteiger partial charge in [-0.3, -0.25) is 13.9 Å². The van der Waals surface area contributed by atoms with E-state index in [2.05, 4.69) is 5.32 Å². The van der Waals surface area contributed by atoms with Gasteiger partial charge in [-0.1, -0.05) is 37.6 Å². The van der Waals surface area contributed by atoms with E-state index in [1.165, 1.54) is 0 Å². The molecule has 1 aliphatic rings. The molecule has 4 rings (SSSR count). The van der Waals surface area contributed by atoms with E-state index in [0.717, 1.165) is 42.3 Å². The third-order valence-electron chi connectivity index (χ3n) is 6.30. The van der Waals surface area contributed by atoms with Crippen molar-refractivity contribution in [3.05, 3.63) is 64.6 Å². The molecule has 34 heavy (non-hydrogen) atoms. The number of imidazole rings is 1. The minimum absolute atomic E-state index is 0.0960. The van der Waals surface area contributed by atoms with Gasteiger partial charge < -0.3 is 5.32 Å². The Hall–Kier alpha value is -2.91. The van der Waals surface area contributed by atoms with E-state index in [4.69, 9.17) is 0 Å². The Labute approximate surface area is 200 Å². The van der Waals surface area contributed by atoms with E-state index in [9.17, 15) is 18.0 Å². The van der Waals surface area contributed by atoms with Crippen molar-refractivity contribution in [3.8, 4) is 0 Å². The number of benzene rings is 2. The van der Waals surface area contributed by atoms with Gasteiger partial charge in [0.05, 0.1) is 15.9 Å². The molecular formula is C25H32N4O4S. The third kappa shape index (κ3) is 5.10. The zero-order valence-electron chi connectivity index (χ0n) is 19.6. The van der Waals surface area contributed by atoms with Gasteiger partial charge in [0.15, 0.2) is 0 Å². The van der Waals surface area contributed by atoms with Crippen LogP contribution in [0.25, 0.3) is 11.0 Å². The molecule has 0 radical (unpaired) electrons. The van der Waals surface area contributed by atoms with Crippen LogP contribution in [0.1, 0.15) is 44.6 Å². The minimum Gasteiger partial charge on any atom is -0.352 e. The maximum atomic E-state index is 12.8. The van der Waals surface area contributed by atoms with Gasteiger partial charge in [0.2, 0.25) is 15.9 Å². The SMILES string of the molecule is CCCn1c(=O)n(CCC(=O)NCc2ccc(S(=O)(=O)N3CCCCC3)cc2)c2ccccc21. The van der Waals surface area contributed by atoms with Crippen molar-refractivity contribution < 1.29 is 13.2 Å². The lowest BCUT2D eigenvalue weighted by Crippen LogP contribution is -2.35. The molecule has 3 aromatic rings. The van der Waals surface area contributed by atoms with E-state index in [1.54, 1.807) is 37.7 Å². The van der Waals surface area contributed by atoms with Gasteiger partial charge in [-0.25, -0.2) is 13.2 Å². The summed E-state index contributed by atoms with van der Waals surface area (Å²) in [5.74, 6) is -0.163. The quantitative estimate of drug-likeness (QED) is 0.505. The summed E-state index contributed by atoms with van der Waals surface area (Å²) in [5, 5.41) is 2.87. The molecule has 2 aromatic carbocycles. The van der Waals surface area contributed by atoms with Gasteiger partial charge in [-0.05, 0) is 49.1 Å². The summed E-state index contributed by atoms with van der Waals surface area (Å²) in [6, 6.07) is 14.3. The standard InChI is InChI=1S/C25H32N4O4S/c1-2-15-28-22-8-4-5-9-23(22)29(25(28)31)18-14-24(30)26-19-20-10-12-21(13-11-20)34(32,33)27-16-6-3-7-17-27/h4-5,8-13H,2-3,6-7,14-19H2,1H3,(H,26,30). The molecule has 1 saturated heterocycles. The fourth-order valence-electron chi connectivity index (χ4n) is 4.46. The second-order valence-corrected chi connectivity index (χ2v) is 10.6. The number of aryl methyl sites for hydroxylation is 2. The number of aromatic nitrogens is 2. The second-order valence-electron chi connectivity index (χ2n) is 8.71. The lowest BCUT2D eigenvalue weighted by molar-refractivity contribution is -0.121. The predicted octanol–water partition coefficient (Wildman–Crippen LogP) is 3.09.